The Bertz CT molecular complexity index is 525. The van der Waals surface area contributed by atoms with Gasteiger partial charge in [-0.05, 0) is 78.1 Å². The number of ether oxygens (including phenoxy) is 5. The molecule has 0 aliphatic carbocycles. The molecule has 0 aromatic rings. The first-order chi connectivity index (χ1) is 15.7. The van der Waals surface area contributed by atoms with Crippen LogP contribution < -0.4 is 0 Å². The summed E-state index contributed by atoms with van der Waals surface area (Å²) in [4.78, 5) is 23.1. The van der Waals surface area contributed by atoms with Gasteiger partial charge in [0.1, 0.15) is 13.2 Å². The quantitative estimate of drug-likeness (QED) is 0.123. The van der Waals surface area contributed by atoms with Gasteiger partial charge in [0.25, 0.3) is 0 Å². The molecule has 7 heteroatoms. The standard InChI is InChI=1S/C26H46O7/c1-21(2)9-7-11-23(5)13-15-30-25(27)32-19-17-29-18-20-33-26(28)31-16-14-24(6)12-8-10-22(3)4/h9-10,23-24H,7-8,11-20H2,1-6H3. The van der Waals surface area contributed by atoms with Crippen LogP contribution in [-0.2, 0) is 23.7 Å². The lowest BCUT2D eigenvalue weighted by Crippen LogP contribution is -2.16. The molecule has 0 amide bonds. The van der Waals surface area contributed by atoms with Crippen LogP contribution in [0, 0.1) is 11.8 Å². The first kappa shape index (κ1) is 31.0. The number of hydrogen-bond acceptors (Lipinski definition) is 7. The second-order valence-corrected chi connectivity index (χ2v) is 9.01. The van der Waals surface area contributed by atoms with Crippen molar-refractivity contribution in [2.24, 2.45) is 11.8 Å². The van der Waals surface area contributed by atoms with E-state index < -0.39 is 12.3 Å². The van der Waals surface area contributed by atoms with Crippen molar-refractivity contribution >= 4 is 12.3 Å². The maximum absolute atomic E-state index is 11.5. The van der Waals surface area contributed by atoms with Gasteiger partial charge in [-0.25, -0.2) is 9.59 Å². The summed E-state index contributed by atoms with van der Waals surface area (Å²) in [7, 11) is 0. The predicted molar refractivity (Wildman–Crippen MR) is 130 cm³/mol. The van der Waals surface area contributed by atoms with E-state index in [0.29, 0.717) is 25.0 Å². The van der Waals surface area contributed by atoms with Gasteiger partial charge in [-0.2, -0.15) is 0 Å². The smallest absolute Gasteiger partial charge is 0.434 e. The minimum Gasteiger partial charge on any atom is -0.434 e. The fraction of sp³-hybridized carbons (Fsp3) is 0.769. The zero-order chi connectivity index (χ0) is 24.9. The summed E-state index contributed by atoms with van der Waals surface area (Å²) in [5, 5.41) is 0. The Labute approximate surface area is 200 Å². The molecule has 0 spiro atoms. The fourth-order valence-electron chi connectivity index (χ4n) is 2.84. The topological polar surface area (TPSA) is 80.3 Å². The number of allylic oxidation sites excluding steroid dienone is 4. The highest BCUT2D eigenvalue weighted by atomic mass is 16.7. The van der Waals surface area contributed by atoms with Crippen LogP contribution in [-0.4, -0.2) is 52.0 Å². The Morgan fingerprint density at radius 1 is 0.576 bits per heavy atom. The van der Waals surface area contributed by atoms with Crippen LogP contribution in [0.3, 0.4) is 0 Å². The van der Waals surface area contributed by atoms with E-state index in [2.05, 4.69) is 53.7 Å². The van der Waals surface area contributed by atoms with Gasteiger partial charge in [0.2, 0.25) is 0 Å². The summed E-state index contributed by atoms with van der Waals surface area (Å²) in [5.41, 5.74) is 2.64. The van der Waals surface area contributed by atoms with E-state index in [4.69, 9.17) is 23.7 Å². The summed E-state index contributed by atoms with van der Waals surface area (Å²) in [6.07, 6.45) is 8.91. The van der Waals surface area contributed by atoms with Crippen molar-refractivity contribution in [1.29, 1.82) is 0 Å². The maximum atomic E-state index is 11.5. The molecule has 7 nitrogen and oxygen atoms in total. The first-order valence-electron chi connectivity index (χ1n) is 12.1. The van der Waals surface area contributed by atoms with Gasteiger partial charge in [0.15, 0.2) is 0 Å². The Hall–Kier alpha value is -2.02. The predicted octanol–water partition coefficient (Wildman–Crippen LogP) is 6.85. The van der Waals surface area contributed by atoms with Crippen LogP contribution in [0.5, 0.6) is 0 Å². The summed E-state index contributed by atoms with van der Waals surface area (Å²) in [6, 6.07) is 0. The number of carbonyl (C=O) groups is 2. The van der Waals surface area contributed by atoms with E-state index in [1.165, 1.54) is 11.1 Å². The highest BCUT2D eigenvalue weighted by Gasteiger charge is 2.08. The van der Waals surface area contributed by atoms with Crippen molar-refractivity contribution in [2.45, 2.75) is 80.1 Å². The van der Waals surface area contributed by atoms with Crippen LogP contribution in [0.4, 0.5) is 9.59 Å². The summed E-state index contributed by atoms with van der Waals surface area (Å²) in [5.74, 6) is 0.971. The molecule has 0 radical (unpaired) electrons. The number of carbonyl (C=O) groups excluding carboxylic acids is 2. The molecular weight excluding hydrogens is 424 g/mol. The third-order valence-corrected chi connectivity index (χ3v) is 4.98. The molecule has 0 fully saturated rings. The molecule has 0 aliphatic rings. The van der Waals surface area contributed by atoms with E-state index in [0.717, 1.165) is 38.5 Å². The van der Waals surface area contributed by atoms with Crippen molar-refractivity contribution in [3.63, 3.8) is 0 Å². The van der Waals surface area contributed by atoms with Crippen molar-refractivity contribution in [1.82, 2.24) is 0 Å². The zero-order valence-electron chi connectivity index (χ0n) is 21.7. The monoisotopic (exact) mass is 470 g/mol. The molecule has 0 aromatic carbocycles. The van der Waals surface area contributed by atoms with Gasteiger partial charge < -0.3 is 23.7 Å². The van der Waals surface area contributed by atoms with Crippen molar-refractivity contribution in [3.8, 4) is 0 Å². The normalized spacial score (nSPS) is 12.3. The Balaban J connectivity index is 3.53. The molecule has 2 atom stereocenters. The average molecular weight is 471 g/mol. The van der Waals surface area contributed by atoms with Crippen molar-refractivity contribution < 1.29 is 33.3 Å². The van der Waals surface area contributed by atoms with Crippen LogP contribution >= 0.6 is 0 Å². The Morgan fingerprint density at radius 2 is 0.939 bits per heavy atom. The summed E-state index contributed by atoms with van der Waals surface area (Å²) >= 11 is 0. The van der Waals surface area contributed by atoms with Gasteiger partial charge in [-0.3, -0.25) is 0 Å². The minimum atomic E-state index is -0.690. The number of rotatable bonds is 18. The first-order valence-corrected chi connectivity index (χ1v) is 12.1. The third-order valence-electron chi connectivity index (χ3n) is 4.98. The summed E-state index contributed by atoms with van der Waals surface area (Å²) in [6.45, 7) is 13.9. The molecule has 0 bridgehead atoms. The molecule has 0 aliphatic heterocycles. The maximum Gasteiger partial charge on any atom is 0.508 e. The van der Waals surface area contributed by atoms with Crippen LogP contribution in [0.1, 0.15) is 80.1 Å². The molecule has 0 saturated carbocycles. The van der Waals surface area contributed by atoms with Crippen molar-refractivity contribution in [2.75, 3.05) is 39.6 Å². The molecule has 0 aromatic heterocycles. The van der Waals surface area contributed by atoms with E-state index in [1.54, 1.807) is 0 Å². The average Bonchev–Trinajstić information content (AvgIpc) is 2.72. The Morgan fingerprint density at radius 3 is 1.30 bits per heavy atom. The molecule has 0 rings (SSSR count). The second-order valence-electron chi connectivity index (χ2n) is 9.01. The zero-order valence-corrected chi connectivity index (χ0v) is 21.7. The highest BCUT2D eigenvalue weighted by molar-refractivity contribution is 5.60. The lowest BCUT2D eigenvalue weighted by Gasteiger charge is -2.11. The second kappa shape index (κ2) is 20.6. The van der Waals surface area contributed by atoms with Crippen LogP contribution in [0.15, 0.2) is 23.3 Å². The van der Waals surface area contributed by atoms with E-state index in [-0.39, 0.29) is 26.4 Å². The summed E-state index contributed by atoms with van der Waals surface area (Å²) < 4.78 is 25.3. The molecule has 33 heavy (non-hydrogen) atoms. The molecule has 0 saturated heterocycles. The van der Waals surface area contributed by atoms with E-state index in [1.807, 2.05) is 0 Å². The lowest BCUT2D eigenvalue weighted by molar-refractivity contribution is 0.00469. The van der Waals surface area contributed by atoms with Gasteiger partial charge in [0, 0.05) is 0 Å². The highest BCUT2D eigenvalue weighted by Crippen LogP contribution is 2.13. The van der Waals surface area contributed by atoms with E-state index >= 15 is 0 Å². The minimum absolute atomic E-state index is 0.0873. The Kier molecular flexibility index (Phi) is 19.3. The third kappa shape index (κ3) is 22.9. The van der Waals surface area contributed by atoms with Crippen LogP contribution in [0.25, 0.3) is 0 Å². The molecule has 2 unspecified atom stereocenters. The fourth-order valence-corrected chi connectivity index (χ4v) is 2.84. The van der Waals surface area contributed by atoms with Gasteiger partial charge >= 0.3 is 12.3 Å². The van der Waals surface area contributed by atoms with Crippen molar-refractivity contribution in [3.05, 3.63) is 23.3 Å². The number of hydrogen-bond donors (Lipinski definition) is 0. The van der Waals surface area contributed by atoms with Gasteiger partial charge in [-0.15, -0.1) is 0 Å². The van der Waals surface area contributed by atoms with Gasteiger partial charge in [0.05, 0.1) is 26.4 Å². The largest absolute Gasteiger partial charge is 0.508 e. The molecular formula is C26H46O7. The SMILES string of the molecule is CC(C)=CCCC(C)CCOC(=O)OCCOCCOC(=O)OCCC(C)CCC=C(C)C. The lowest BCUT2D eigenvalue weighted by atomic mass is 10.0. The molecule has 192 valence electrons. The molecule has 0 N–H and O–H groups in total. The van der Waals surface area contributed by atoms with Gasteiger partial charge in [-0.1, -0.05) is 37.1 Å². The van der Waals surface area contributed by atoms with E-state index in [9.17, 15) is 9.59 Å². The molecule has 0 heterocycles. The van der Waals surface area contributed by atoms with Crippen LogP contribution in [0.2, 0.25) is 0 Å².